The molecule has 4 rings (SSSR count). The number of carbonyl (C=O) groups excluding carboxylic acids is 1. The van der Waals surface area contributed by atoms with Crippen LogP contribution in [0.4, 0.5) is 11.4 Å². The van der Waals surface area contributed by atoms with Crippen LogP contribution < -0.4 is 10.2 Å². The first-order valence-electron chi connectivity index (χ1n) is 9.14. The number of anilines is 2. The summed E-state index contributed by atoms with van der Waals surface area (Å²) in [6.45, 7) is 2.13. The fourth-order valence-electron chi connectivity index (χ4n) is 3.76. The number of hydrogen-bond acceptors (Lipinski definition) is 2. The normalized spacial score (nSPS) is 18.7. The summed E-state index contributed by atoms with van der Waals surface area (Å²) >= 11 is 2.24. The van der Waals surface area contributed by atoms with Crippen LogP contribution in [0.15, 0.2) is 78.9 Å². The Morgan fingerprint density at radius 1 is 0.963 bits per heavy atom. The molecule has 0 spiro atoms. The van der Waals surface area contributed by atoms with E-state index >= 15 is 0 Å². The quantitative estimate of drug-likeness (QED) is 0.487. The van der Waals surface area contributed by atoms with Crippen LogP contribution in [0.3, 0.4) is 0 Å². The van der Waals surface area contributed by atoms with Crippen molar-refractivity contribution in [3.05, 3.63) is 93.6 Å². The Labute approximate surface area is 173 Å². The molecule has 0 aliphatic carbocycles. The van der Waals surface area contributed by atoms with E-state index in [9.17, 15) is 4.79 Å². The summed E-state index contributed by atoms with van der Waals surface area (Å²) in [7, 11) is 0. The second kappa shape index (κ2) is 7.72. The zero-order valence-corrected chi connectivity index (χ0v) is 17.3. The second-order valence-corrected chi connectivity index (χ2v) is 8.02. The van der Waals surface area contributed by atoms with Crippen LogP contribution in [-0.4, -0.2) is 11.9 Å². The SMILES string of the molecule is CC1CC(Nc2ccccc2)c2ccccc2N1C(=O)c1ccccc1I. The van der Waals surface area contributed by atoms with Crippen LogP contribution in [0.1, 0.15) is 35.3 Å². The Bertz CT molecular complexity index is 957. The molecule has 3 nitrogen and oxygen atoms in total. The third-order valence-corrected chi connectivity index (χ3v) is 5.97. The van der Waals surface area contributed by atoms with Crippen molar-refractivity contribution < 1.29 is 4.79 Å². The van der Waals surface area contributed by atoms with Gasteiger partial charge >= 0.3 is 0 Å². The number of nitrogens with one attached hydrogen (secondary N) is 1. The van der Waals surface area contributed by atoms with Gasteiger partial charge in [-0.15, -0.1) is 0 Å². The summed E-state index contributed by atoms with van der Waals surface area (Å²) < 4.78 is 0.981. The minimum absolute atomic E-state index is 0.0677. The summed E-state index contributed by atoms with van der Waals surface area (Å²) in [6, 6.07) is 26.5. The van der Waals surface area contributed by atoms with Crippen molar-refractivity contribution in [2.45, 2.75) is 25.4 Å². The maximum absolute atomic E-state index is 13.4. The second-order valence-electron chi connectivity index (χ2n) is 6.86. The summed E-state index contributed by atoms with van der Waals surface area (Å²) in [6.07, 6.45) is 0.862. The van der Waals surface area contributed by atoms with Crippen molar-refractivity contribution in [1.29, 1.82) is 0 Å². The highest BCUT2D eigenvalue weighted by atomic mass is 127. The van der Waals surface area contributed by atoms with Crippen LogP contribution in [0.25, 0.3) is 0 Å². The number of rotatable bonds is 3. The van der Waals surface area contributed by atoms with E-state index in [2.05, 4.69) is 59.1 Å². The molecule has 1 heterocycles. The van der Waals surface area contributed by atoms with Crippen molar-refractivity contribution >= 4 is 39.9 Å². The smallest absolute Gasteiger partial charge is 0.259 e. The first-order chi connectivity index (χ1) is 13.1. The average Bonchev–Trinajstić information content (AvgIpc) is 2.69. The third-order valence-electron chi connectivity index (χ3n) is 5.03. The van der Waals surface area contributed by atoms with Crippen LogP contribution in [-0.2, 0) is 0 Å². The summed E-state index contributed by atoms with van der Waals surface area (Å²) in [5.41, 5.74) is 4.02. The zero-order valence-electron chi connectivity index (χ0n) is 15.1. The van der Waals surface area contributed by atoms with Gasteiger partial charge in [0.05, 0.1) is 11.6 Å². The van der Waals surface area contributed by atoms with Gasteiger partial charge in [0.15, 0.2) is 0 Å². The molecule has 0 fully saturated rings. The molecule has 2 unspecified atom stereocenters. The predicted octanol–water partition coefficient (Wildman–Crippen LogP) is 5.88. The lowest BCUT2D eigenvalue weighted by Crippen LogP contribution is -2.44. The van der Waals surface area contributed by atoms with Gasteiger partial charge in [-0.3, -0.25) is 4.79 Å². The highest BCUT2D eigenvalue weighted by Gasteiger charge is 2.34. The molecule has 3 aromatic rings. The number of nitrogens with zero attached hydrogens (tertiary/aromatic N) is 1. The van der Waals surface area contributed by atoms with E-state index in [-0.39, 0.29) is 18.0 Å². The van der Waals surface area contributed by atoms with Crippen molar-refractivity contribution in [2.75, 3.05) is 10.2 Å². The molecule has 0 saturated heterocycles. The van der Waals surface area contributed by atoms with Gasteiger partial charge in [0.1, 0.15) is 0 Å². The van der Waals surface area contributed by atoms with E-state index in [1.807, 2.05) is 59.5 Å². The molecule has 1 N–H and O–H groups in total. The van der Waals surface area contributed by atoms with Crippen molar-refractivity contribution in [3.8, 4) is 0 Å². The summed E-state index contributed by atoms with van der Waals surface area (Å²) in [4.78, 5) is 15.3. The molecule has 136 valence electrons. The van der Waals surface area contributed by atoms with E-state index in [4.69, 9.17) is 0 Å². The van der Waals surface area contributed by atoms with E-state index in [0.717, 1.165) is 26.9 Å². The van der Waals surface area contributed by atoms with E-state index in [0.29, 0.717) is 0 Å². The lowest BCUT2D eigenvalue weighted by atomic mass is 9.90. The highest BCUT2D eigenvalue weighted by Crippen LogP contribution is 2.39. The number of amides is 1. The number of fused-ring (bicyclic) bond motifs is 1. The molecular weight excluding hydrogens is 447 g/mol. The van der Waals surface area contributed by atoms with Crippen LogP contribution in [0.2, 0.25) is 0 Å². The van der Waals surface area contributed by atoms with E-state index < -0.39 is 0 Å². The fraction of sp³-hybridized carbons (Fsp3) is 0.174. The van der Waals surface area contributed by atoms with Gasteiger partial charge in [-0.25, -0.2) is 0 Å². The Hall–Kier alpha value is -2.34. The summed E-state index contributed by atoms with van der Waals surface area (Å²) in [5, 5.41) is 3.64. The van der Waals surface area contributed by atoms with Gasteiger partial charge in [0.2, 0.25) is 0 Å². The molecule has 2 atom stereocenters. The first kappa shape index (κ1) is 18.0. The number of para-hydroxylation sites is 2. The van der Waals surface area contributed by atoms with Crippen molar-refractivity contribution in [2.24, 2.45) is 0 Å². The topological polar surface area (TPSA) is 32.3 Å². The predicted molar refractivity (Wildman–Crippen MR) is 119 cm³/mol. The molecule has 0 bridgehead atoms. The number of halogens is 1. The van der Waals surface area contributed by atoms with Crippen molar-refractivity contribution in [1.82, 2.24) is 0 Å². The summed E-state index contributed by atoms with van der Waals surface area (Å²) in [5.74, 6) is 0.0677. The highest BCUT2D eigenvalue weighted by molar-refractivity contribution is 14.1. The van der Waals surface area contributed by atoms with Gasteiger partial charge < -0.3 is 10.2 Å². The maximum Gasteiger partial charge on any atom is 0.259 e. The molecule has 3 aromatic carbocycles. The van der Waals surface area contributed by atoms with Gasteiger partial charge in [0, 0.05) is 21.0 Å². The molecule has 1 amide bonds. The van der Waals surface area contributed by atoms with Crippen LogP contribution in [0.5, 0.6) is 0 Å². The lowest BCUT2D eigenvalue weighted by Gasteiger charge is -2.40. The van der Waals surface area contributed by atoms with Gasteiger partial charge in [-0.05, 0) is 71.8 Å². The Morgan fingerprint density at radius 3 is 2.41 bits per heavy atom. The minimum atomic E-state index is 0.0677. The van der Waals surface area contributed by atoms with Crippen molar-refractivity contribution in [3.63, 3.8) is 0 Å². The number of benzene rings is 3. The van der Waals surface area contributed by atoms with Gasteiger partial charge in [-0.1, -0.05) is 48.5 Å². The van der Waals surface area contributed by atoms with E-state index in [1.165, 1.54) is 5.56 Å². The third kappa shape index (κ3) is 3.58. The van der Waals surface area contributed by atoms with Crippen LogP contribution >= 0.6 is 22.6 Å². The molecular formula is C23H21IN2O. The monoisotopic (exact) mass is 468 g/mol. The molecule has 27 heavy (non-hydrogen) atoms. The Kier molecular flexibility index (Phi) is 5.16. The molecule has 1 aliphatic heterocycles. The molecule has 0 radical (unpaired) electrons. The molecule has 0 aromatic heterocycles. The fourth-order valence-corrected chi connectivity index (χ4v) is 4.38. The standard InChI is InChI=1S/C23H21IN2O/c1-16-15-21(25-17-9-3-2-4-10-17)19-12-6-8-14-22(19)26(16)23(27)18-11-5-7-13-20(18)24/h2-14,16,21,25H,15H2,1H3. The first-order valence-corrected chi connectivity index (χ1v) is 10.2. The maximum atomic E-state index is 13.4. The van der Waals surface area contributed by atoms with Gasteiger partial charge in [-0.2, -0.15) is 0 Å². The Balaban J connectivity index is 1.71. The average molecular weight is 468 g/mol. The van der Waals surface area contributed by atoms with Crippen LogP contribution in [0, 0.1) is 3.57 Å². The Morgan fingerprint density at radius 2 is 1.63 bits per heavy atom. The molecule has 4 heteroatoms. The number of carbonyl (C=O) groups is 1. The zero-order chi connectivity index (χ0) is 18.8. The minimum Gasteiger partial charge on any atom is -0.378 e. The lowest BCUT2D eigenvalue weighted by molar-refractivity contribution is 0.0973. The number of hydrogen-bond donors (Lipinski definition) is 1. The molecule has 0 saturated carbocycles. The van der Waals surface area contributed by atoms with Gasteiger partial charge in [0.25, 0.3) is 5.91 Å². The molecule has 1 aliphatic rings. The van der Waals surface area contributed by atoms with E-state index in [1.54, 1.807) is 0 Å². The largest absolute Gasteiger partial charge is 0.378 e.